The van der Waals surface area contributed by atoms with Crippen molar-refractivity contribution in [1.29, 1.82) is 0 Å². The van der Waals surface area contributed by atoms with Gasteiger partial charge in [0.25, 0.3) is 0 Å². The van der Waals surface area contributed by atoms with Crippen molar-refractivity contribution in [3.63, 3.8) is 0 Å². The van der Waals surface area contributed by atoms with E-state index in [4.69, 9.17) is 10.2 Å². The van der Waals surface area contributed by atoms with Crippen LogP contribution in [-0.2, 0) is 0 Å². The van der Waals surface area contributed by atoms with Gasteiger partial charge in [0.15, 0.2) is 5.58 Å². The zero-order valence-electron chi connectivity index (χ0n) is 11.0. The quantitative estimate of drug-likeness (QED) is 0.615. The van der Waals surface area contributed by atoms with Crippen molar-refractivity contribution in [3.8, 4) is 0 Å². The highest BCUT2D eigenvalue weighted by Gasteiger charge is 2.10. The van der Waals surface area contributed by atoms with E-state index in [0.29, 0.717) is 32.6 Å². The number of rotatable bonds is 2. The molecular formula is C14H11BrFN3O2. The molecule has 0 bridgehead atoms. The highest BCUT2D eigenvalue weighted by molar-refractivity contribution is 9.10. The van der Waals surface area contributed by atoms with Crippen LogP contribution in [0.5, 0.6) is 0 Å². The summed E-state index contributed by atoms with van der Waals surface area (Å²) in [6.45, 7) is 1.78. The van der Waals surface area contributed by atoms with E-state index in [-0.39, 0.29) is 5.82 Å². The van der Waals surface area contributed by atoms with Gasteiger partial charge in [-0.15, -0.1) is 0 Å². The first-order valence-electron chi connectivity index (χ1n) is 6.09. The standard InChI is InChI=1S/C14H11BrFN3O2/c1-6-2-8(16)7(15)3-10(6)18-11-5-12-13(4-9(11)17)21-14(20)19-12/h2-5,18H,17H2,1H3,(H,19,20). The second-order valence-corrected chi connectivity index (χ2v) is 5.51. The average molecular weight is 352 g/mol. The van der Waals surface area contributed by atoms with Crippen LogP contribution in [0.25, 0.3) is 11.1 Å². The number of hydrogen-bond acceptors (Lipinski definition) is 4. The number of nitrogen functional groups attached to an aromatic ring is 1. The van der Waals surface area contributed by atoms with E-state index in [0.717, 1.165) is 5.56 Å². The number of halogens is 2. The van der Waals surface area contributed by atoms with E-state index in [1.807, 2.05) is 0 Å². The van der Waals surface area contributed by atoms with Crippen LogP contribution in [0.4, 0.5) is 21.5 Å². The molecule has 0 unspecified atom stereocenters. The molecule has 0 amide bonds. The second-order valence-electron chi connectivity index (χ2n) is 4.66. The number of oxazole rings is 1. The number of aromatic nitrogens is 1. The highest BCUT2D eigenvalue weighted by Crippen LogP contribution is 2.31. The van der Waals surface area contributed by atoms with Crippen molar-refractivity contribution in [1.82, 2.24) is 4.98 Å². The molecule has 5 nitrogen and oxygen atoms in total. The van der Waals surface area contributed by atoms with Crippen molar-refractivity contribution in [2.45, 2.75) is 6.92 Å². The van der Waals surface area contributed by atoms with Crippen molar-refractivity contribution in [2.24, 2.45) is 0 Å². The zero-order chi connectivity index (χ0) is 15.1. The highest BCUT2D eigenvalue weighted by atomic mass is 79.9. The topological polar surface area (TPSA) is 84.0 Å². The number of nitrogens with two attached hydrogens (primary N) is 1. The maximum Gasteiger partial charge on any atom is 0.417 e. The third-order valence-corrected chi connectivity index (χ3v) is 3.74. The zero-order valence-corrected chi connectivity index (χ0v) is 12.5. The number of anilines is 3. The van der Waals surface area contributed by atoms with Crippen LogP contribution in [-0.4, -0.2) is 4.98 Å². The lowest BCUT2D eigenvalue weighted by molar-refractivity contribution is 0.555. The SMILES string of the molecule is Cc1cc(F)c(Br)cc1Nc1cc2[nH]c(=O)oc2cc1N. The molecular weight excluding hydrogens is 341 g/mol. The van der Waals surface area contributed by atoms with Gasteiger partial charge in [-0.3, -0.25) is 4.98 Å². The number of H-pyrrole nitrogens is 1. The van der Waals surface area contributed by atoms with Crippen molar-refractivity contribution < 1.29 is 8.81 Å². The Morgan fingerprint density at radius 2 is 2.05 bits per heavy atom. The summed E-state index contributed by atoms with van der Waals surface area (Å²) in [5.74, 6) is -0.872. The Hall–Kier alpha value is -2.28. The smallest absolute Gasteiger partial charge is 0.408 e. The van der Waals surface area contributed by atoms with E-state index in [2.05, 4.69) is 26.2 Å². The van der Waals surface area contributed by atoms with Gasteiger partial charge in [-0.25, -0.2) is 9.18 Å². The summed E-state index contributed by atoms with van der Waals surface area (Å²) in [5, 5.41) is 3.12. The molecule has 1 heterocycles. The van der Waals surface area contributed by atoms with Gasteiger partial charge in [0, 0.05) is 11.8 Å². The molecule has 0 aliphatic heterocycles. The van der Waals surface area contributed by atoms with Crippen LogP contribution < -0.4 is 16.8 Å². The Labute approximate surface area is 127 Å². The summed E-state index contributed by atoms with van der Waals surface area (Å²) < 4.78 is 18.7. The molecule has 3 rings (SSSR count). The van der Waals surface area contributed by atoms with Gasteiger partial charge in [-0.05, 0) is 46.6 Å². The molecule has 3 aromatic rings. The monoisotopic (exact) mass is 351 g/mol. The molecule has 1 aromatic heterocycles. The summed E-state index contributed by atoms with van der Waals surface area (Å²) in [6, 6.07) is 6.28. The second kappa shape index (κ2) is 4.92. The lowest BCUT2D eigenvalue weighted by atomic mass is 10.1. The van der Waals surface area contributed by atoms with E-state index in [9.17, 15) is 9.18 Å². The van der Waals surface area contributed by atoms with Gasteiger partial charge >= 0.3 is 5.76 Å². The number of aryl methyl sites for hydroxylation is 1. The number of benzene rings is 2. The molecule has 2 aromatic carbocycles. The number of aromatic amines is 1. The molecule has 0 atom stereocenters. The third-order valence-electron chi connectivity index (χ3n) is 3.13. The summed E-state index contributed by atoms with van der Waals surface area (Å²) in [4.78, 5) is 13.7. The summed E-state index contributed by atoms with van der Waals surface area (Å²) in [7, 11) is 0. The molecule has 0 saturated heterocycles. The molecule has 108 valence electrons. The third kappa shape index (κ3) is 2.52. The van der Waals surface area contributed by atoms with Gasteiger partial charge in [-0.1, -0.05) is 0 Å². The van der Waals surface area contributed by atoms with Gasteiger partial charge in [-0.2, -0.15) is 0 Å². The predicted octanol–water partition coefficient (Wildman–Crippen LogP) is 3.66. The van der Waals surface area contributed by atoms with Crippen LogP contribution in [0.15, 0.2) is 37.9 Å². The van der Waals surface area contributed by atoms with E-state index in [1.165, 1.54) is 6.07 Å². The van der Waals surface area contributed by atoms with E-state index < -0.39 is 5.76 Å². The largest absolute Gasteiger partial charge is 0.417 e. The minimum atomic E-state index is -0.540. The lowest BCUT2D eigenvalue weighted by Crippen LogP contribution is -1.99. The Morgan fingerprint density at radius 3 is 2.81 bits per heavy atom. The van der Waals surface area contributed by atoms with E-state index in [1.54, 1.807) is 25.1 Å². The molecule has 0 aliphatic rings. The van der Waals surface area contributed by atoms with Crippen LogP contribution in [0, 0.1) is 12.7 Å². The molecule has 21 heavy (non-hydrogen) atoms. The first kappa shape index (κ1) is 13.7. The van der Waals surface area contributed by atoms with Crippen LogP contribution in [0.1, 0.15) is 5.56 Å². The van der Waals surface area contributed by atoms with E-state index >= 15 is 0 Å². The van der Waals surface area contributed by atoms with Crippen molar-refractivity contribution >= 4 is 44.1 Å². The maximum absolute atomic E-state index is 13.4. The van der Waals surface area contributed by atoms with Crippen LogP contribution >= 0.6 is 15.9 Å². The molecule has 0 radical (unpaired) electrons. The number of hydrogen-bond donors (Lipinski definition) is 3. The molecule has 0 saturated carbocycles. The Balaban J connectivity index is 2.07. The van der Waals surface area contributed by atoms with Gasteiger partial charge in [0.05, 0.1) is 21.4 Å². The lowest BCUT2D eigenvalue weighted by Gasteiger charge is -2.12. The summed E-state index contributed by atoms with van der Waals surface area (Å²) >= 11 is 3.15. The molecule has 7 heteroatoms. The first-order chi connectivity index (χ1) is 9.94. The van der Waals surface area contributed by atoms with Gasteiger partial charge in [0.2, 0.25) is 0 Å². The normalized spacial score (nSPS) is 11.0. The minimum absolute atomic E-state index is 0.333. The summed E-state index contributed by atoms with van der Waals surface area (Å²) in [5.41, 5.74) is 9.32. The molecule has 4 N–H and O–H groups in total. The molecule has 0 fully saturated rings. The predicted molar refractivity (Wildman–Crippen MR) is 83.4 cm³/mol. The molecule has 0 spiro atoms. The number of fused-ring (bicyclic) bond motifs is 1. The summed E-state index contributed by atoms with van der Waals surface area (Å²) in [6.07, 6.45) is 0. The molecule has 0 aliphatic carbocycles. The minimum Gasteiger partial charge on any atom is -0.408 e. The van der Waals surface area contributed by atoms with Crippen molar-refractivity contribution in [2.75, 3.05) is 11.1 Å². The fourth-order valence-corrected chi connectivity index (χ4v) is 2.39. The van der Waals surface area contributed by atoms with Crippen LogP contribution in [0.2, 0.25) is 0 Å². The fourth-order valence-electron chi connectivity index (χ4n) is 2.05. The van der Waals surface area contributed by atoms with Gasteiger partial charge in [0.1, 0.15) is 5.82 Å². The number of nitrogens with one attached hydrogen (secondary N) is 2. The Morgan fingerprint density at radius 1 is 1.29 bits per heavy atom. The van der Waals surface area contributed by atoms with Crippen molar-refractivity contribution in [3.05, 3.63) is 50.7 Å². The average Bonchev–Trinajstić information content (AvgIpc) is 2.75. The van der Waals surface area contributed by atoms with Crippen LogP contribution in [0.3, 0.4) is 0 Å². The Kier molecular flexibility index (Phi) is 3.21. The van der Waals surface area contributed by atoms with Gasteiger partial charge < -0.3 is 15.5 Å². The Bertz CT molecular complexity index is 901. The first-order valence-corrected chi connectivity index (χ1v) is 6.88. The maximum atomic E-state index is 13.4. The fraction of sp³-hybridized carbons (Fsp3) is 0.0714.